The number of pyridine rings is 1. The van der Waals surface area contributed by atoms with Gasteiger partial charge in [0.1, 0.15) is 11.5 Å². The Kier molecular flexibility index (Phi) is 2.06. The molecule has 0 N–H and O–H groups in total. The Hall–Kier alpha value is -2.04. The van der Waals surface area contributed by atoms with Crippen LogP contribution in [0, 0.1) is 5.82 Å². The van der Waals surface area contributed by atoms with Crippen LogP contribution in [0.15, 0.2) is 29.4 Å². The molecule has 0 aliphatic rings. The Labute approximate surface area is 79.1 Å². The molecule has 2 heterocycles. The van der Waals surface area contributed by atoms with E-state index in [0.717, 1.165) is 6.20 Å². The van der Waals surface area contributed by atoms with Crippen molar-refractivity contribution in [1.82, 2.24) is 15.1 Å². The van der Waals surface area contributed by atoms with Gasteiger partial charge in [0, 0.05) is 0 Å². The van der Waals surface area contributed by atoms with Gasteiger partial charge in [-0.15, -0.1) is 0 Å². The maximum absolute atomic E-state index is 12.5. The third-order valence-electron chi connectivity index (χ3n) is 1.57. The first-order valence-electron chi connectivity index (χ1n) is 3.87. The zero-order valence-electron chi connectivity index (χ0n) is 7.14. The summed E-state index contributed by atoms with van der Waals surface area (Å²) in [4.78, 5) is 7.75. The third kappa shape index (κ3) is 1.52. The van der Waals surface area contributed by atoms with Gasteiger partial charge in [-0.1, -0.05) is 11.7 Å². The van der Waals surface area contributed by atoms with E-state index in [1.54, 1.807) is 0 Å². The van der Waals surface area contributed by atoms with Crippen molar-refractivity contribution < 1.29 is 8.91 Å². The highest BCUT2D eigenvalue weighted by molar-refractivity contribution is 5.49. The molecule has 4 nitrogen and oxygen atoms in total. The monoisotopic (exact) mass is 191 g/mol. The molecule has 0 saturated heterocycles. The second-order valence-corrected chi connectivity index (χ2v) is 2.52. The molecular formula is C9H6FN3O. The van der Waals surface area contributed by atoms with Crippen molar-refractivity contribution in [3.63, 3.8) is 0 Å². The molecule has 14 heavy (non-hydrogen) atoms. The van der Waals surface area contributed by atoms with E-state index >= 15 is 0 Å². The molecule has 2 aromatic rings. The fourth-order valence-electron chi connectivity index (χ4n) is 0.930. The van der Waals surface area contributed by atoms with Gasteiger partial charge in [0.05, 0.1) is 6.20 Å². The van der Waals surface area contributed by atoms with E-state index in [-0.39, 0.29) is 0 Å². The average molecular weight is 191 g/mol. The molecule has 2 aromatic heterocycles. The summed E-state index contributed by atoms with van der Waals surface area (Å²) in [7, 11) is 0. The van der Waals surface area contributed by atoms with Crippen LogP contribution in [-0.4, -0.2) is 15.1 Å². The lowest BCUT2D eigenvalue weighted by atomic mass is 10.3. The third-order valence-corrected chi connectivity index (χ3v) is 1.57. The van der Waals surface area contributed by atoms with Gasteiger partial charge in [0.25, 0.3) is 0 Å². The first-order valence-corrected chi connectivity index (χ1v) is 3.87. The van der Waals surface area contributed by atoms with Crippen LogP contribution in [0.5, 0.6) is 0 Å². The molecule has 0 radical (unpaired) electrons. The summed E-state index contributed by atoms with van der Waals surface area (Å²) >= 11 is 0. The van der Waals surface area contributed by atoms with Gasteiger partial charge in [-0.05, 0) is 18.2 Å². The van der Waals surface area contributed by atoms with Crippen LogP contribution in [0.1, 0.15) is 5.89 Å². The van der Waals surface area contributed by atoms with Crippen LogP contribution in [0.25, 0.3) is 17.6 Å². The predicted molar refractivity (Wildman–Crippen MR) is 47.6 cm³/mol. The van der Waals surface area contributed by atoms with Crippen molar-refractivity contribution in [2.24, 2.45) is 0 Å². The normalized spacial score (nSPS) is 10.1. The van der Waals surface area contributed by atoms with Gasteiger partial charge >= 0.3 is 0 Å². The zero-order valence-corrected chi connectivity index (χ0v) is 7.14. The average Bonchev–Trinajstić information content (AvgIpc) is 2.67. The number of aromatic nitrogens is 3. The van der Waals surface area contributed by atoms with Crippen molar-refractivity contribution in [2.75, 3.05) is 0 Å². The van der Waals surface area contributed by atoms with Crippen LogP contribution in [0.3, 0.4) is 0 Å². The van der Waals surface area contributed by atoms with E-state index < -0.39 is 5.82 Å². The van der Waals surface area contributed by atoms with Crippen molar-refractivity contribution in [1.29, 1.82) is 0 Å². The lowest BCUT2D eigenvalue weighted by Crippen LogP contribution is -1.86. The summed E-state index contributed by atoms with van der Waals surface area (Å²) < 4.78 is 17.3. The van der Waals surface area contributed by atoms with E-state index in [1.807, 2.05) is 0 Å². The summed E-state index contributed by atoms with van der Waals surface area (Å²) in [6.07, 6.45) is 2.53. The fraction of sp³-hybridized carbons (Fsp3) is 0. The number of nitrogens with zero attached hydrogens (tertiary/aromatic N) is 3. The molecule has 2 rings (SSSR count). The second kappa shape index (κ2) is 3.37. The molecule has 0 spiro atoms. The quantitative estimate of drug-likeness (QED) is 0.727. The molecule has 0 bridgehead atoms. The molecule has 0 atom stereocenters. The Morgan fingerprint density at radius 1 is 1.43 bits per heavy atom. The largest absolute Gasteiger partial charge is 0.334 e. The Bertz CT molecular complexity index is 449. The summed E-state index contributed by atoms with van der Waals surface area (Å²) in [6, 6.07) is 2.76. The minimum Gasteiger partial charge on any atom is -0.334 e. The maximum Gasteiger partial charge on any atom is 0.250 e. The summed E-state index contributed by atoms with van der Waals surface area (Å²) in [5.41, 5.74) is 0.461. The molecule has 5 heteroatoms. The van der Waals surface area contributed by atoms with Crippen LogP contribution >= 0.6 is 0 Å². The molecule has 0 aliphatic heterocycles. The van der Waals surface area contributed by atoms with Crippen LogP contribution in [0.4, 0.5) is 4.39 Å². The van der Waals surface area contributed by atoms with Gasteiger partial charge in [-0.3, -0.25) is 0 Å². The van der Waals surface area contributed by atoms with E-state index in [0.29, 0.717) is 17.4 Å². The van der Waals surface area contributed by atoms with Gasteiger partial charge in [0.2, 0.25) is 11.7 Å². The lowest BCUT2D eigenvalue weighted by molar-refractivity contribution is 0.411. The standard InChI is InChI=1S/C9H6FN3O/c1-2-8-12-9(13-14-8)7-4-3-6(10)5-11-7/h2-5H,1H2. The van der Waals surface area contributed by atoms with E-state index in [2.05, 4.69) is 21.7 Å². The van der Waals surface area contributed by atoms with Gasteiger partial charge in [-0.2, -0.15) is 4.98 Å². The Morgan fingerprint density at radius 3 is 2.86 bits per heavy atom. The van der Waals surface area contributed by atoms with E-state index in [9.17, 15) is 4.39 Å². The minimum absolute atomic E-state index is 0.311. The molecule has 0 saturated carbocycles. The summed E-state index contributed by atoms with van der Waals surface area (Å²) in [5, 5.41) is 3.64. The summed E-state index contributed by atoms with van der Waals surface area (Å²) in [5.74, 6) is 0.229. The molecule has 0 aromatic carbocycles. The number of halogens is 1. The van der Waals surface area contributed by atoms with Gasteiger partial charge in [0.15, 0.2) is 0 Å². The molecule has 0 aliphatic carbocycles. The fourth-order valence-corrected chi connectivity index (χ4v) is 0.930. The second-order valence-electron chi connectivity index (χ2n) is 2.52. The highest BCUT2D eigenvalue weighted by Gasteiger charge is 2.06. The van der Waals surface area contributed by atoms with Crippen LogP contribution < -0.4 is 0 Å². The number of hydrogen-bond donors (Lipinski definition) is 0. The van der Waals surface area contributed by atoms with Crippen molar-refractivity contribution in [3.8, 4) is 11.5 Å². The Morgan fingerprint density at radius 2 is 2.29 bits per heavy atom. The zero-order chi connectivity index (χ0) is 9.97. The first-order chi connectivity index (χ1) is 6.79. The highest BCUT2D eigenvalue weighted by atomic mass is 19.1. The topological polar surface area (TPSA) is 51.8 Å². The molecular weight excluding hydrogens is 185 g/mol. The van der Waals surface area contributed by atoms with Crippen molar-refractivity contribution in [2.45, 2.75) is 0 Å². The molecule has 70 valence electrons. The molecule has 0 fully saturated rings. The minimum atomic E-state index is -0.402. The van der Waals surface area contributed by atoms with E-state index in [1.165, 1.54) is 18.2 Å². The number of hydrogen-bond acceptors (Lipinski definition) is 4. The SMILES string of the molecule is C=Cc1nc(-c2ccc(F)cn2)no1. The molecule has 0 unspecified atom stereocenters. The highest BCUT2D eigenvalue weighted by Crippen LogP contribution is 2.12. The Balaban J connectivity index is 2.39. The lowest BCUT2D eigenvalue weighted by Gasteiger charge is -1.91. The smallest absolute Gasteiger partial charge is 0.250 e. The first kappa shape index (κ1) is 8.55. The van der Waals surface area contributed by atoms with Crippen molar-refractivity contribution in [3.05, 3.63) is 36.6 Å². The van der Waals surface area contributed by atoms with Crippen molar-refractivity contribution >= 4 is 6.08 Å². The summed E-state index contributed by atoms with van der Waals surface area (Å²) in [6.45, 7) is 3.48. The molecule has 0 amide bonds. The van der Waals surface area contributed by atoms with E-state index in [4.69, 9.17) is 4.52 Å². The number of rotatable bonds is 2. The van der Waals surface area contributed by atoms with Gasteiger partial charge in [-0.25, -0.2) is 9.37 Å². The maximum atomic E-state index is 12.5. The predicted octanol–water partition coefficient (Wildman–Crippen LogP) is 1.91. The van der Waals surface area contributed by atoms with Crippen LogP contribution in [0.2, 0.25) is 0 Å². The van der Waals surface area contributed by atoms with Gasteiger partial charge < -0.3 is 4.52 Å². The van der Waals surface area contributed by atoms with Crippen LogP contribution in [-0.2, 0) is 0 Å².